The minimum Gasteiger partial charge on any atom is -0.104 e. The summed E-state index contributed by atoms with van der Waals surface area (Å²) >= 11 is 1.95. The predicted molar refractivity (Wildman–Crippen MR) is 121 cm³/mol. The van der Waals surface area contributed by atoms with Gasteiger partial charge in [0.25, 0.3) is 0 Å². The largest absolute Gasteiger partial charge is 0.104 e. The summed E-state index contributed by atoms with van der Waals surface area (Å²) in [6, 6.07) is 39.2. The van der Waals surface area contributed by atoms with Crippen LogP contribution in [0.15, 0.2) is 114 Å². The number of thioether (sulfide) groups is 1. The smallest absolute Gasteiger partial charge is 0.0954 e. The maximum absolute atomic E-state index is 2.25. The van der Waals surface area contributed by atoms with E-state index in [1.807, 2.05) is 11.8 Å². The van der Waals surface area contributed by atoms with Crippen molar-refractivity contribution in [1.82, 2.24) is 0 Å². The third kappa shape index (κ3) is 3.39. The van der Waals surface area contributed by atoms with Gasteiger partial charge in [-0.25, -0.2) is 0 Å². The van der Waals surface area contributed by atoms with E-state index in [4.69, 9.17) is 0 Å². The van der Waals surface area contributed by atoms with Gasteiger partial charge in [-0.1, -0.05) is 109 Å². The Hall–Kier alpha value is -2.77. The van der Waals surface area contributed by atoms with Gasteiger partial charge < -0.3 is 0 Å². The second-order valence-corrected chi connectivity index (χ2v) is 8.33. The van der Waals surface area contributed by atoms with Gasteiger partial charge in [-0.05, 0) is 41.7 Å². The van der Waals surface area contributed by atoms with E-state index >= 15 is 0 Å². The molecule has 0 aromatic heterocycles. The number of hydrogen-bond donors (Lipinski definition) is 0. The second kappa shape index (κ2) is 8.08. The van der Waals surface area contributed by atoms with Gasteiger partial charge >= 0.3 is 0 Å². The van der Waals surface area contributed by atoms with E-state index in [0.717, 1.165) is 0 Å². The van der Waals surface area contributed by atoms with Gasteiger partial charge in [0, 0.05) is 4.90 Å². The van der Waals surface area contributed by atoms with E-state index in [1.54, 1.807) is 0 Å². The average molecular weight is 381 g/mol. The van der Waals surface area contributed by atoms with Crippen LogP contribution in [0.25, 0.3) is 0 Å². The normalized spacial score (nSPS) is 11.4. The van der Waals surface area contributed by atoms with Gasteiger partial charge in [-0.3, -0.25) is 0 Å². The molecule has 4 aromatic rings. The third-order valence-corrected chi connectivity index (χ3v) is 7.07. The minimum atomic E-state index is -0.319. The molecule has 1 heteroatoms. The molecule has 0 aliphatic carbocycles. The summed E-state index contributed by atoms with van der Waals surface area (Å²) in [6.07, 6.45) is 0. The molecule has 0 fully saturated rings. The van der Waals surface area contributed by atoms with Gasteiger partial charge in [0.15, 0.2) is 0 Å². The molecule has 0 radical (unpaired) electrons. The zero-order valence-electron chi connectivity index (χ0n) is 16.3. The van der Waals surface area contributed by atoms with E-state index in [0.29, 0.717) is 0 Å². The van der Waals surface area contributed by atoms with E-state index in [9.17, 15) is 0 Å². The van der Waals surface area contributed by atoms with Crippen LogP contribution in [0.5, 0.6) is 0 Å². The maximum atomic E-state index is 2.25. The Morgan fingerprint density at radius 3 is 1.18 bits per heavy atom. The average Bonchev–Trinajstić information content (AvgIpc) is 2.76. The molecule has 0 atom stereocenters. The zero-order chi connectivity index (χ0) is 19.4. The van der Waals surface area contributed by atoms with Crippen molar-refractivity contribution in [3.05, 3.63) is 137 Å². The molecule has 0 N–H and O–H groups in total. The first-order chi connectivity index (χ1) is 13.7. The van der Waals surface area contributed by atoms with Crippen molar-refractivity contribution in [2.75, 3.05) is 0 Å². The monoisotopic (exact) mass is 380 g/mol. The van der Waals surface area contributed by atoms with Crippen molar-refractivity contribution in [3.63, 3.8) is 0 Å². The van der Waals surface area contributed by atoms with Crippen LogP contribution in [0.2, 0.25) is 0 Å². The molecule has 0 saturated heterocycles. The topological polar surface area (TPSA) is 0 Å². The summed E-state index contributed by atoms with van der Waals surface area (Å²) in [6.45, 7) is 4.42. The highest BCUT2D eigenvalue weighted by molar-refractivity contribution is 8.00. The fraction of sp³-hybridized carbons (Fsp3) is 0.111. The molecule has 0 aliphatic heterocycles. The number of rotatable bonds is 5. The first-order valence-corrected chi connectivity index (χ1v) is 10.5. The SMILES string of the molecule is Cc1cccc(C)c1SC(c1ccccc1)(c1ccccc1)c1ccccc1. The Bertz CT molecular complexity index is 920. The molecule has 138 valence electrons. The standard InChI is InChI=1S/C27H24S/c1-21-13-12-14-22(2)26(21)28-27(23-15-6-3-7-16-23,24-17-8-4-9-18-24)25-19-10-5-11-20-25/h3-20H,1-2H3. The van der Waals surface area contributed by atoms with Crippen LogP contribution in [-0.2, 0) is 4.75 Å². The predicted octanol–water partition coefficient (Wildman–Crippen LogP) is 7.39. The number of benzene rings is 4. The van der Waals surface area contributed by atoms with Crippen molar-refractivity contribution in [1.29, 1.82) is 0 Å². The van der Waals surface area contributed by atoms with Gasteiger partial charge in [-0.15, -0.1) is 11.8 Å². The lowest BCUT2D eigenvalue weighted by molar-refractivity contribution is 0.892. The molecule has 0 saturated carbocycles. The molecule has 0 amide bonds. The number of aryl methyl sites for hydroxylation is 2. The van der Waals surface area contributed by atoms with Crippen molar-refractivity contribution >= 4 is 11.8 Å². The lowest BCUT2D eigenvalue weighted by Gasteiger charge is -2.36. The zero-order valence-corrected chi connectivity index (χ0v) is 17.1. The van der Waals surface area contributed by atoms with Gasteiger partial charge in [0.05, 0.1) is 4.75 Å². The summed E-state index contributed by atoms with van der Waals surface area (Å²) < 4.78 is -0.319. The molecule has 28 heavy (non-hydrogen) atoms. The van der Waals surface area contributed by atoms with Crippen LogP contribution in [0.1, 0.15) is 27.8 Å². The molecule has 0 heterocycles. The summed E-state index contributed by atoms with van der Waals surface area (Å²) in [7, 11) is 0. The van der Waals surface area contributed by atoms with Crippen LogP contribution in [-0.4, -0.2) is 0 Å². The van der Waals surface area contributed by atoms with Crippen molar-refractivity contribution in [2.24, 2.45) is 0 Å². The highest BCUT2D eigenvalue weighted by Gasteiger charge is 2.38. The van der Waals surface area contributed by atoms with E-state index < -0.39 is 0 Å². The van der Waals surface area contributed by atoms with Gasteiger partial charge in [-0.2, -0.15) is 0 Å². The lowest BCUT2D eigenvalue weighted by Crippen LogP contribution is -2.25. The van der Waals surface area contributed by atoms with Crippen LogP contribution in [0.3, 0.4) is 0 Å². The summed E-state index contributed by atoms with van der Waals surface area (Å²) in [5, 5.41) is 0. The molecule has 4 rings (SSSR count). The quantitative estimate of drug-likeness (QED) is 0.257. The molecule has 0 aliphatic rings. The maximum Gasteiger partial charge on any atom is 0.0954 e. The molecular weight excluding hydrogens is 356 g/mol. The van der Waals surface area contributed by atoms with Crippen LogP contribution in [0.4, 0.5) is 0 Å². The van der Waals surface area contributed by atoms with Crippen molar-refractivity contribution in [3.8, 4) is 0 Å². The highest BCUT2D eigenvalue weighted by Crippen LogP contribution is 2.52. The molecule has 0 bridgehead atoms. The summed E-state index contributed by atoms with van der Waals surface area (Å²) in [5.41, 5.74) is 6.51. The van der Waals surface area contributed by atoms with Crippen molar-refractivity contribution < 1.29 is 0 Å². The fourth-order valence-corrected chi connectivity index (χ4v) is 5.33. The third-order valence-electron chi connectivity index (χ3n) is 5.20. The first-order valence-electron chi connectivity index (χ1n) is 9.63. The first kappa shape index (κ1) is 18.6. The van der Waals surface area contributed by atoms with E-state index in [1.165, 1.54) is 32.7 Å². The molecule has 0 unspecified atom stereocenters. The number of hydrogen-bond acceptors (Lipinski definition) is 1. The van der Waals surface area contributed by atoms with E-state index in [2.05, 4.69) is 123 Å². The molecule has 0 spiro atoms. The van der Waals surface area contributed by atoms with Crippen molar-refractivity contribution in [2.45, 2.75) is 23.5 Å². The Morgan fingerprint density at radius 1 is 0.464 bits per heavy atom. The lowest BCUT2D eigenvalue weighted by atomic mass is 9.84. The molecule has 0 nitrogen and oxygen atoms in total. The Labute approximate surface area is 172 Å². The highest BCUT2D eigenvalue weighted by atomic mass is 32.2. The Morgan fingerprint density at radius 2 is 0.821 bits per heavy atom. The van der Waals surface area contributed by atoms with Crippen LogP contribution in [0, 0.1) is 13.8 Å². The summed E-state index contributed by atoms with van der Waals surface area (Å²) in [4.78, 5) is 1.35. The summed E-state index contributed by atoms with van der Waals surface area (Å²) in [5.74, 6) is 0. The fourth-order valence-electron chi connectivity index (χ4n) is 3.81. The van der Waals surface area contributed by atoms with Gasteiger partial charge in [0.1, 0.15) is 0 Å². The van der Waals surface area contributed by atoms with Crippen LogP contribution >= 0.6 is 11.8 Å². The Kier molecular flexibility index (Phi) is 5.36. The van der Waals surface area contributed by atoms with Crippen LogP contribution < -0.4 is 0 Å². The second-order valence-electron chi connectivity index (χ2n) is 7.10. The van der Waals surface area contributed by atoms with E-state index in [-0.39, 0.29) is 4.75 Å². The minimum absolute atomic E-state index is 0.319. The van der Waals surface area contributed by atoms with Gasteiger partial charge in [0.2, 0.25) is 0 Å². The Balaban J connectivity index is 2.04. The molecular formula is C27H24S. The molecule has 4 aromatic carbocycles.